The lowest BCUT2D eigenvalue weighted by atomic mass is 10.1. The van der Waals surface area contributed by atoms with Gasteiger partial charge >= 0.3 is 5.97 Å². The summed E-state index contributed by atoms with van der Waals surface area (Å²) >= 11 is 0. The summed E-state index contributed by atoms with van der Waals surface area (Å²) in [7, 11) is 0. The van der Waals surface area contributed by atoms with Crippen LogP contribution >= 0.6 is 0 Å². The van der Waals surface area contributed by atoms with Crippen molar-refractivity contribution < 1.29 is 9.90 Å². The van der Waals surface area contributed by atoms with E-state index in [-0.39, 0.29) is 0 Å². The molecule has 72 valence electrons. The molecule has 1 unspecified atom stereocenters. The minimum atomic E-state index is -1.10. The highest BCUT2D eigenvalue weighted by atomic mass is 16.4. The number of pyridine rings is 1. The molecule has 2 aromatic rings. The number of hydrogen-bond acceptors (Lipinski definition) is 4. The van der Waals surface area contributed by atoms with Crippen LogP contribution < -0.4 is 5.73 Å². The smallest absolute Gasteiger partial charge is 0.326 e. The molecule has 0 aliphatic rings. The summed E-state index contributed by atoms with van der Waals surface area (Å²) in [6.07, 6.45) is 3.12. The van der Waals surface area contributed by atoms with Gasteiger partial charge in [0.15, 0.2) is 0 Å². The third-order valence-electron chi connectivity index (χ3n) is 1.96. The summed E-state index contributed by atoms with van der Waals surface area (Å²) < 4.78 is 0. The first kappa shape index (κ1) is 8.64. The Morgan fingerprint density at radius 3 is 3.14 bits per heavy atom. The number of nitrogens with one attached hydrogen (secondary N) is 1. The topological polar surface area (TPSA) is 105 Å². The number of carbonyl (C=O) groups is 1. The molecule has 0 aliphatic heterocycles. The van der Waals surface area contributed by atoms with Gasteiger partial charge in [0, 0.05) is 17.8 Å². The van der Waals surface area contributed by atoms with Gasteiger partial charge in [-0.05, 0) is 6.07 Å². The molecular formula is C8H8N4O2. The highest BCUT2D eigenvalue weighted by Gasteiger charge is 2.19. The van der Waals surface area contributed by atoms with E-state index in [1.165, 1.54) is 6.20 Å². The molecule has 0 saturated carbocycles. The highest BCUT2D eigenvalue weighted by Crippen LogP contribution is 2.18. The molecule has 2 aromatic heterocycles. The maximum Gasteiger partial charge on any atom is 0.326 e. The van der Waals surface area contributed by atoms with Gasteiger partial charge in [-0.2, -0.15) is 5.10 Å². The summed E-state index contributed by atoms with van der Waals surface area (Å²) in [5.41, 5.74) is 6.48. The molecule has 2 rings (SSSR count). The molecule has 14 heavy (non-hydrogen) atoms. The molecule has 0 bridgehead atoms. The number of aliphatic carboxylic acids is 1. The summed E-state index contributed by atoms with van der Waals surface area (Å²) in [4.78, 5) is 14.5. The first-order valence-electron chi connectivity index (χ1n) is 3.96. The monoisotopic (exact) mass is 192 g/mol. The van der Waals surface area contributed by atoms with Crippen LogP contribution in [0.5, 0.6) is 0 Å². The van der Waals surface area contributed by atoms with E-state index in [1.807, 2.05) is 0 Å². The van der Waals surface area contributed by atoms with E-state index >= 15 is 0 Å². The number of aromatic nitrogens is 3. The van der Waals surface area contributed by atoms with Crippen LogP contribution in [0.2, 0.25) is 0 Å². The molecule has 0 saturated heterocycles. The van der Waals surface area contributed by atoms with Crippen molar-refractivity contribution in [2.45, 2.75) is 6.04 Å². The fourth-order valence-electron chi connectivity index (χ4n) is 1.23. The number of carboxylic acids is 1. The third kappa shape index (κ3) is 1.21. The van der Waals surface area contributed by atoms with Crippen LogP contribution in [-0.4, -0.2) is 26.3 Å². The summed E-state index contributed by atoms with van der Waals surface area (Å²) in [6, 6.07) is 0.591. The van der Waals surface area contributed by atoms with E-state index in [9.17, 15) is 4.79 Å². The van der Waals surface area contributed by atoms with Crippen LogP contribution in [0.25, 0.3) is 10.9 Å². The zero-order chi connectivity index (χ0) is 10.1. The molecule has 0 spiro atoms. The summed E-state index contributed by atoms with van der Waals surface area (Å²) in [5, 5.41) is 15.9. The van der Waals surface area contributed by atoms with Crippen LogP contribution in [0.1, 0.15) is 11.7 Å². The van der Waals surface area contributed by atoms with Crippen molar-refractivity contribution >= 4 is 16.9 Å². The van der Waals surface area contributed by atoms with Gasteiger partial charge < -0.3 is 10.8 Å². The van der Waals surface area contributed by atoms with Crippen molar-refractivity contribution in [3.05, 3.63) is 24.2 Å². The molecule has 0 radical (unpaired) electrons. The van der Waals surface area contributed by atoms with Crippen molar-refractivity contribution in [3.8, 4) is 0 Å². The molecule has 0 aromatic carbocycles. The zero-order valence-corrected chi connectivity index (χ0v) is 7.14. The molecule has 0 fully saturated rings. The highest BCUT2D eigenvalue weighted by molar-refractivity contribution is 5.86. The lowest BCUT2D eigenvalue weighted by Gasteiger charge is -2.02. The Kier molecular flexibility index (Phi) is 1.90. The number of rotatable bonds is 2. The molecule has 0 aliphatic carbocycles. The molecular weight excluding hydrogens is 184 g/mol. The second-order valence-electron chi connectivity index (χ2n) is 2.85. The van der Waals surface area contributed by atoms with Crippen LogP contribution in [0.15, 0.2) is 18.5 Å². The second kappa shape index (κ2) is 3.08. The van der Waals surface area contributed by atoms with Gasteiger partial charge in [-0.1, -0.05) is 0 Å². The van der Waals surface area contributed by atoms with Crippen molar-refractivity contribution in [3.63, 3.8) is 0 Å². The van der Waals surface area contributed by atoms with Gasteiger partial charge in [-0.3, -0.25) is 14.9 Å². The number of fused-ring (bicyclic) bond motifs is 1. The number of carboxylic acid groups (broad SMARTS) is 1. The number of hydrogen-bond donors (Lipinski definition) is 3. The number of nitrogens with two attached hydrogens (primary N) is 1. The van der Waals surface area contributed by atoms with Gasteiger partial charge in [0.05, 0.1) is 11.2 Å². The lowest BCUT2D eigenvalue weighted by Crippen LogP contribution is -2.21. The first-order chi connectivity index (χ1) is 6.70. The van der Waals surface area contributed by atoms with Crippen molar-refractivity contribution in [1.82, 2.24) is 15.2 Å². The summed E-state index contributed by atoms with van der Waals surface area (Å²) in [5.74, 6) is -1.10. The second-order valence-corrected chi connectivity index (χ2v) is 2.85. The van der Waals surface area contributed by atoms with Gasteiger partial charge in [0.25, 0.3) is 0 Å². The molecule has 4 N–H and O–H groups in total. The molecule has 6 nitrogen and oxygen atoms in total. The SMILES string of the molecule is NC(C(=O)O)c1[nH]nc2ccncc12. The van der Waals surface area contributed by atoms with Crippen LogP contribution in [0.3, 0.4) is 0 Å². The number of aromatic amines is 1. The van der Waals surface area contributed by atoms with E-state index in [0.29, 0.717) is 16.6 Å². The number of H-pyrrole nitrogens is 1. The Morgan fingerprint density at radius 2 is 2.43 bits per heavy atom. The molecule has 6 heteroatoms. The van der Waals surface area contributed by atoms with Crippen molar-refractivity contribution in [2.24, 2.45) is 5.73 Å². The minimum Gasteiger partial charge on any atom is -0.480 e. The van der Waals surface area contributed by atoms with E-state index in [2.05, 4.69) is 15.2 Å². The Balaban J connectivity index is 2.58. The van der Waals surface area contributed by atoms with Crippen LogP contribution in [-0.2, 0) is 4.79 Å². The van der Waals surface area contributed by atoms with Gasteiger partial charge in [0.1, 0.15) is 6.04 Å². The number of nitrogens with zero attached hydrogens (tertiary/aromatic N) is 2. The summed E-state index contributed by atoms with van der Waals surface area (Å²) in [6.45, 7) is 0. The standard InChI is InChI=1S/C8H8N4O2/c9-6(8(13)14)7-4-3-10-2-1-5(4)11-12-7/h1-3,6H,9H2,(H,11,12)(H,13,14). The quantitative estimate of drug-likeness (QED) is 0.623. The van der Waals surface area contributed by atoms with E-state index in [4.69, 9.17) is 10.8 Å². The minimum absolute atomic E-state index is 0.376. The molecule has 2 heterocycles. The van der Waals surface area contributed by atoms with Crippen molar-refractivity contribution in [1.29, 1.82) is 0 Å². The van der Waals surface area contributed by atoms with Gasteiger partial charge in [0.2, 0.25) is 0 Å². The Hall–Kier alpha value is -1.95. The maximum absolute atomic E-state index is 10.6. The fourth-order valence-corrected chi connectivity index (χ4v) is 1.23. The molecule has 1 atom stereocenters. The average molecular weight is 192 g/mol. The Morgan fingerprint density at radius 1 is 1.64 bits per heavy atom. The normalized spacial score (nSPS) is 12.9. The van der Waals surface area contributed by atoms with Crippen LogP contribution in [0.4, 0.5) is 0 Å². The molecule has 0 amide bonds. The van der Waals surface area contributed by atoms with Gasteiger partial charge in [-0.15, -0.1) is 0 Å². The fraction of sp³-hybridized carbons (Fsp3) is 0.125. The predicted molar refractivity (Wildman–Crippen MR) is 48.5 cm³/mol. The third-order valence-corrected chi connectivity index (χ3v) is 1.96. The first-order valence-corrected chi connectivity index (χ1v) is 3.96. The Labute approximate surface area is 78.8 Å². The van der Waals surface area contributed by atoms with E-state index < -0.39 is 12.0 Å². The average Bonchev–Trinajstić information content (AvgIpc) is 2.60. The predicted octanol–water partition coefficient (Wildman–Crippen LogP) is 0.0423. The maximum atomic E-state index is 10.6. The largest absolute Gasteiger partial charge is 0.480 e. The lowest BCUT2D eigenvalue weighted by molar-refractivity contribution is -0.138. The van der Waals surface area contributed by atoms with Gasteiger partial charge in [-0.25, -0.2) is 0 Å². The van der Waals surface area contributed by atoms with E-state index in [1.54, 1.807) is 12.3 Å². The Bertz CT molecular complexity index is 479. The zero-order valence-electron chi connectivity index (χ0n) is 7.14. The van der Waals surface area contributed by atoms with E-state index in [0.717, 1.165) is 0 Å². The van der Waals surface area contributed by atoms with Crippen molar-refractivity contribution in [2.75, 3.05) is 0 Å². The van der Waals surface area contributed by atoms with Crippen LogP contribution in [0, 0.1) is 0 Å².